The predicted molar refractivity (Wildman–Crippen MR) is 143 cm³/mol. The van der Waals surface area contributed by atoms with E-state index in [1.807, 2.05) is 76.5 Å². The van der Waals surface area contributed by atoms with Gasteiger partial charge in [-0.05, 0) is 60.4 Å². The molecule has 0 atom stereocenters. The van der Waals surface area contributed by atoms with Crippen molar-refractivity contribution < 1.29 is 19.2 Å². The van der Waals surface area contributed by atoms with Gasteiger partial charge in [-0.15, -0.1) is 0 Å². The fraction of sp³-hybridized carbons (Fsp3) is 0.143. The molecule has 1 aliphatic heterocycles. The highest BCUT2D eigenvalue weighted by atomic mass is 35.5. The molecule has 0 amide bonds. The van der Waals surface area contributed by atoms with Gasteiger partial charge in [0.1, 0.15) is 13.6 Å². The number of hydrogen-bond donors (Lipinski definition) is 1. The van der Waals surface area contributed by atoms with Gasteiger partial charge in [0.2, 0.25) is 0 Å². The third-order valence-corrected chi connectivity index (χ3v) is 5.54. The molecule has 184 valence electrons. The number of rotatable bonds is 3. The smallest absolute Gasteiger partial charge is 0.173 e. The van der Waals surface area contributed by atoms with Crippen molar-refractivity contribution in [3.8, 4) is 0 Å². The molecule has 0 bridgehead atoms. The number of nitrogens with zero attached hydrogens (tertiary/aromatic N) is 2. The number of pyridine rings is 1. The molecule has 0 radical (unpaired) electrons. The van der Waals surface area contributed by atoms with Crippen LogP contribution in [-0.2, 0) is 9.59 Å². The van der Waals surface area contributed by atoms with Crippen LogP contribution in [0.25, 0.3) is 5.57 Å². The van der Waals surface area contributed by atoms with Crippen LogP contribution in [0.15, 0.2) is 66.1 Å². The predicted octanol–water partition coefficient (Wildman–Crippen LogP) is 6.00. The van der Waals surface area contributed by atoms with Crippen molar-refractivity contribution in [3.05, 3.63) is 93.9 Å². The molecule has 0 fully saturated rings. The average Bonchev–Trinajstić information content (AvgIpc) is 3.53. The number of benzene rings is 2. The maximum absolute atomic E-state index is 12.1. The van der Waals surface area contributed by atoms with Gasteiger partial charge < -0.3 is 14.9 Å². The van der Waals surface area contributed by atoms with E-state index in [9.17, 15) is 9.59 Å². The quantitative estimate of drug-likeness (QED) is 0.439. The maximum atomic E-state index is 12.1. The van der Waals surface area contributed by atoms with Crippen molar-refractivity contribution in [1.82, 2.24) is 4.98 Å². The fourth-order valence-electron chi connectivity index (χ4n) is 3.73. The molecular weight excluding hydrogens is 478 g/mol. The Labute approximate surface area is 214 Å². The third kappa shape index (κ3) is 6.90. The molecular formula is C28H26ClN3O4. The number of aliphatic imine (C=N–C) groups is 1. The minimum absolute atomic E-state index is 0.110. The minimum Gasteiger partial charge on any atom is -0.355 e. The number of allylic oxidation sites excluding steroid dienone is 1. The molecule has 1 N–H and O–H groups in total. The highest BCUT2D eigenvalue weighted by Crippen LogP contribution is 2.35. The van der Waals surface area contributed by atoms with Gasteiger partial charge in [-0.25, -0.2) is 0 Å². The molecule has 0 unspecified atom stereocenters. The number of aryl methyl sites for hydroxylation is 2. The van der Waals surface area contributed by atoms with E-state index in [0.717, 1.165) is 17.7 Å². The summed E-state index contributed by atoms with van der Waals surface area (Å²) in [6.45, 7) is 8.08. The van der Waals surface area contributed by atoms with Gasteiger partial charge >= 0.3 is 0 Å². The van der Waals surface area contributed by atoms with E-state index in [1.54, 1.807) is 12.1 Å². The molecule has 5 rings (SSSR count). The monoisotopic (exact) mass is 503 g/mol. The van der Waals surface area contributed by atoms with Crippen LogP contribution < -0.4 is 5.32 Å². The Kier molecular flexibility index (Phi) is 10.6. The van der Waals surface area contributed by atoms with E-state index < -0.39 is 0 Å². The topological polar surface area (TPSA) is 106 Å². The lowest BCUT2D eigenvalue weighted by molar-refractivity contribution is -0.0987. The number of hydrogen-bond acceptors (Lipinski definition) is 7. The van der Waals surface area contributed by atoms with E-state index in [4.69, 9.17) is 21.2 Å². The molecule has 8 heteroatoms. The van der Waals surface area contributed by atoms with E-state index >= 15 is 0 Å². The second-order valence-corrected chi connectivity index (χ2v) is 8.21. The third-order valence-electron chi connectivity index (χ3n) is 5.23. The lowest BCUT2D eigenvalue weighted by Crippen LogP contribution is -2.00. The SMILES string of the molecule is C=O.C=O.Cc1cncc(C)c1.O=C1CC(=O)c2c(Nc3ccc(C4=CN=CC4)cc3)ccc(Cl)c21. The first-order valence-corrected chi connectivity index (χ1v) is 11.2. The van der Waals surface area contributed by atoms with Crippen molar-refractivity contribution in [2.75, 3.05) is 5.32 Å². The number of carbonyl (C=O) groups excluding carboxylic acids is 4. The van der Waals surface area contributed by atoms with Crippen molar-refractivity contribution in [2.45, 2.75) is 26.7 Å². The first-order chi connectivity index (χ1) is 17.4. The summed E-state index contributed by atoms with van der Waals surface area (Å²) >= 11 is 6.08. The van der Waals surface area contributed by atoms with E-state index in [0.29, 0.717) is 21.8 Å². The van der Waals surface area contributed by atoms with Crippen LogP contribution in [0.2, 0.25) is 5.02 Å². The van der Waals surface area contributed by atoms with Crippen LogP contribution in [0.5, 0.6) is 0 Å². The van der Waals surface area contributed by atoms with Crippen LogP contribution in [0.4, 0.5) is 11.4 Å². The lowest BCUT2D eigenvalue weighted by Gasteiger charge is -2.12. The number of Topliss-reactive ketones (excluding diaryl/α,β-unsaturated/α-hetero) is 2. The van der Waals surface area contributed by atoms with Gasteiger partial charge in [0.15, 0.2) is 11.6 Å². The Hall–Kier alpha value is -4.23. The normalized spacial score (nSPS) is 12.7. The zero-order valence-electron chi connectivity index (χ0n) is 20.1. The number of halogens is 1. The zero-order chi connectivity index (χ0) is 26.7. The van der Waals surface area contributed by atoms with Gasteiger partial charge in [-0.3, -0.25) is 19.6 Å². The van der Waals surface area contributed by atoms with Gasteiger partial charge in [0, 0.05) is 42.5 Å². The van der Waals surface area contributed by atoms with Crippen LogP contribution in [-0.4, -0.2) is 36.3 Å². The lowest BCUT2D eigenvalue weighted by atomic mass is 10.0. The molecule has 7 nitrogen and oxygen atoms in total. The Bertz CT molecular complexity index is 1280. The van der Waals surface area contributed by atoms with Crippen LogP contribution in [0, 0.1) is 13.8 Å². The Balaban J connectivity index is 0.000000320. The fourth-order valence-corrected chi connectivity index (χ4v) is 4.00. The zero-order valence-corrected chi connectivity index (χ0v) is 20.8. The number of nitrogens with one attached hydrogen (secondary N) is 1. The molecule has 0 saturated carbocycles. The summed E-state index contributed by atoms with van der Waals surface area (Å²) < 4.78 is 0. The van der Waals surface area contributed by atoms with Crippen molar-refractivity contribution in [3.63, 3.8) is 0 Å². The Morgan fingerprint density at radius 1 is 0.861 bits per heavy atom. The van der Waals surface area contributed by atoms with Crippen molar-refractivity contribution >= 4 is 59.9 Å². The van der Waals surface area contributed by atoms with Gasteiger partial charge in [0.25, 0.3) is 0 Å². The molecule has 2 aromatic carbocycles. The summed E-state index contributed by atoms with van der Waals surface area (Å²) in [5.41, 5.74) is 6.92. The second-order valence-electron chi connectivity index (χ2n) is 7.80. The summed E-state index contributed by atoms with van der Waals surface area (Å²) in [6, 6.07) is 13.4. The Morgan fingerprint density at radius 2 is 1.47 bits per heavy atom. The molecule has 2 aliphatic rings. The summed E-state index contributed by atoms with van der Waals surface area (Å²) in [6.07, 6.45) is 8.18. The van der Waals surface area contributed by atoms with E-state index in [1.165, 1.54) is 16.7 Å². The maximum Gasteiger partial charge on any atom is 0.173 e. The number of aromatic nitrogens is 1. The van der Waals surface area contributed by atoms with E-state index in [2.05, 4.69) is 21.4 Å². The molecule has 0 saturated heterocycles. The largest absolute Gasteiger partial charge is 0.355 e. The molecule has 1 aliphatic carbocycles. The number of ketones is 2. The van der Waals surface area contributed by atoms with Crippen LogP contribution >= 0.6 is 11.6 Å². The molecule has 2 heterocycles. The molecule has 1 aromatic heterocycles. The average molecular weight is 504 g/mol. The number of anilines is 2. The van der Waals surface area contributed by atoms with Crippen molar-refractivity contribution in [1.29, 1.82) is 0 Å². The highest BCUT2D eigenvalue weighted by molar-refractivity contribution is 6.38. The summed E-state index contributed by atoms with van der Waals surface area (Å²) in [5.74, 6) is -0.406. The second kappa shape index (κ2) is 13.6. The van der Waals surface area contributed by atoms with E-state index in [-0.39, 0.29) is 18.0 Å². The number of fused-ring (bicyclic) bond motifs is 1. The highest BCUT2D eigenvalue weighted by Gasteiger charge is 2.32. The summed E-state index contributed by atoms with van der Waals surface area (Å²) in [4.78, 5) is 48.2. The first-order valence-electron chi connectivity index (χ1n) is 10.9. The number of carbonyl (C=O) groups is 4. The minimum atomic E-state index is -0.216. The van der Waals surface area contributed by atoms with Gasteiger partial charge in [0.05, 0.1) is 22.7 Å². The standard InChI is InChI=1S/C19H13ClN2O2.C7H9N.2CH2O/c20-14-5-6-15(19-17(24)9-16(23)18(14)19)22-13-3-1-11(2-4-13)12-7-8-21-10-12;1-6-3-7(2)5-8-4-6;2*1-2/h1-6,8,10,22H,7,9H2;3-5H,1-2H3;2*1H2. The van der Waals surface area contributed by atoms with Crippen LogP contribution in [0.1, 0.15) is 50.2 Å². The summed E-state index contributed by atoms with van der Waals surface area (Å²) in [7, 11) is 0. The summed E-state index contributed by atoms with van der Waals surface area (Å²) in [5, 5.41) is 3.55. The first kappa shape index (κ1) is 28.0. The molecule has 3 aromatic rings. The molecule has 36 heavy (non-hydrogen) atoms. The van der Waals surface area contributed by atoms with Crippen molar-refractivity contribution in [2.24, 2.45) is 4.99 Å². The Morgan fingerprint density at radius 3 is 2.00 bits per heavy atom. The van der Waals surface area contributed by atoms with Gasteiger partial charge in [-0.1, -0.05) is 29.8 Å². The van der Waals surface area contributed by atoms with Crippen LogP contribution in [0.3, 0.4) is 0 Å². The van der Waals surface area contributed by atoms with Gasteiger partial charge in [-0.2, -0.15) is 0 Å². The molecule has 0 spiro atoms.